The van der Waals surface area contributed by atoms with Gasteiger partial charge in [-0.1, -0.05) is 12.1 Å². The Labute approximate surface area is 202 Å². The first-order valence-corrected chi connectivity index (χ1v) is 11.8. The lowest BCUT2D eigenvalue weighted by Crippen LogP contribution is -2.46. The number of fused-ring (bicyclic) bond motifs is 2. The molecule has 0 saturated carbocycles. The van der Waals surface area contributed by atoms with Crippen molar-refractivity contribution in [1.29, 1.82) is 0 Å². The molecule has 6 rings (SSSR count). The SMILES string of the molecule is O=C(c1ccnc2c1c(/C=C/c1ccc3c(c1)CCO3)nn2-c1ccc(O)cc1)N1CCNCC1. The minimum Gasteiger partial charge on any atom is -0.508 e. The lowest BCUT2D eigenvalue weighted by Gasteiger charge is -2.27. The molecule has 0 unspecified atom stereocenters. The summed E-state index contributed by atoms with van der Waals surface area (Å²) in [6.45, 7) is 3.60. The number of nitrogens with zero attached hydrogens (tertiary/aromatic N) is 4. The standard InChI is InChI=1S/C27H25N5O3/c33-21-5-3-20(4-6-21)32-26-25(22(9-11-29-26)27(34)31-14-12-28-13-15-31)23(30-32)7-1-18-2-8-24-19(17-18)10-16-35-24/h1-9,11,17,28,33H,10,12-16H2/b7-1+. The number of aromatic nitrogens is 3. The van der Waals surface area contributed by atoms with E-state index in [1.54, 1.807) is 41.2 Å². The first kappa shape index (κ1) is 21.4. The third kappa shape index (κ3) is 4.02. The molecule has 2 aliphatic heterocycles. The minimum absolute atomic E-state index is 0.0199. The second-order valence-corrected chi connectivity index (χ2v) is 8.71. The van der Waals surface area contributed by atoms with Crippen LogP contribution in [0, 0.1) is 0 Å². The van der Waals surface area contributed by atoms with E-state index in [1.807, 2.05) is 29.2 Å². The molecule has 0 atom stereocenters. The third-order valence-corrected chi connectivity index (χ3v) is 6.47. The van der Waals surface area contributed by atoms with Crippen LogP contribution in [0.25, 0.3) is 28.9 Å². The molecule has 8 nitrogen and oxygen atoms in total. The van der Waals surface area contributed by atoms with Gasteiger partial charge in [-0.2, -0.15) is 5.10 Å². The molecule has 176 valence electrons. The Kier molecular flexibility index (Phi) is 5.42. The third-order valence-electron chi connectivity index (χ3n) is 6.47. The summed E-state index contributed by atoms with van der Waals surface area (Å²) >= 11 is 0. The molecule has 1 saturated heterocycles. The van der Waals surface area contributed by atoms with E-state index in [-0.39, 0.29) is 11.7 Å². The van der Waals surface area contributed by atoms with Crippen LogP contribution in [0.5, 0.6) is 11.5 Å². The number of benzene rings is 2. The summed E-state index contributed by atoms with van der Waals surface area (Å²) in [7, 11) is 0. The van der Waals surface area contributed by atoms with E-state index in [0.717, 1.165) is 36.5 Å². The summed E-state index contributed by atoms with van der Waals surface area (Å²) in [6.07, 6.45) is 6.51. The van der Waals surface area contributed by atoms with Crippen LogP contribution >= 0.6 is 0 Å². The maximum atomic E-state index is 13.5. The number of ether oxygens (including phenoxy) is 1. The number of carbonyl (C=O) groups excluding carboxylic acids is 1. The van der Waals surface area contributed by atoms with Crippen molar-refractivity contribution in [3.05, 3.63) is 77.1 Å². The molecular weight excluding hydrogens is 442 g/mol. The number of rotatable bonds is 4. The topological polar surface area (TPSA) is 92.5 Å². The lowest BCUT2D eigenvalue weighted by molar-refractivity contribution is 0.0737. The predicted molar refractivity (Wildman–Crippen MR) is 134 cm³/mol. The van der Waals surface area contributed by atoms with Crippen LogP contribution in [-0.4, -0.2) is 63.5 Å². The van der Waals surface area contributed by atoms with Crippen LogP contribution in [0.4, 0.5) is 0 Å². The van der Waals surface area contributed by atoms with Gasteiger partial charge in [-0.05, 0) is 59.7 Å². The molecule has 1 amide bonds. The van der Waals surface area contributed by atoms with E-state index in [9.17, 15) is 9.90 Å². The number of amides is 1. The van der Waals surface area contributed by atoms with E-state index in [1.165, 1.54) is 5.56 Å². The summed E-state index contributed by atoms with van der Waals surface area (Å²) in [5.41, 5.74) is 4.84. The molecule has 0 spiro atoms. The zero-order valence-corrected chi connectivity index (χ0v) is 19.1. The summed E-state index contributed by atoms with van der Waals surface area (Å²) in [5.74, 6) is 1.10. The molecule has 35 heavy (non-hydrogen) atoms. The fraction of sp³-hybridized carbons (Fsp3) is 0.222. The molecule has 4 aromatic rings. The van der Waals surface area contributed by atoms with Crippen molar-refractivity contribution >= 4 is 29.1 Å². The van der Waals surface area contributed by atoms with Crippen molar-refractivity contribution < 1.29 is 14.6 Å². The van der Waals surface area contributed by atoms with Crippen molar-refractivity contribution in [2.24, 2.45) is 0 Å². The number of carbonyl (C=O) groups is 1. The van der Waals surface area contributed by atoms with Crippen LogP contribution in [0.3, 0.4) is 0 Å². The van der Waals surface area contributed by atoms with Gasteiger partial charge in [0.15, 0.2) is 5.65 Å². The van der Waals surface area contributed by atoms with Gasteiger partial charge in [-0.15, -0.1) is 0 Å². The minimum atomic E-state index is -0.0199. The van der Waals surface area contributed by atoms with Crippen LogP contribution in [-0.2, 0) is 6.42 Å². The molecule has 2 aromatic heterocycles. The van der Waals surface area contributed by atoms with Crippen LogP contribution in [0.1, 0.15) is 27.2 Å². The number of phenolic OH excluding ortho intramolecular Hbond substituents is 1. The molecule has 2 N–H and O–H groups in total. The fourth-order valence-electron chi connectivity index (χ4n) is 4.66. The summed E-state index contributed by atoms with van der Waals surface area (Å²) < 4.78 is 7.34. The van der Waals surface area contributed by atoms with Gasteiger partial charge in [0.25, 0.3) is 5.91 Å². The average molecular weight is 468 g/mol. The van der Waals surface area contributed by atoms with Crippen molar-refractivity contribution in [2.45, 2.75) is 6.42 Å². The number of pyridine rings is 1. The highest BCUT2D eigenvalue weighted by Gasteiger charge is 2.24. The monoisotopic (exact) mass is 467 g/mol. The van der Waals surface area contributed by atoms with Gasteiger partial charge in [0.2, 0.25) is 0 Å². The molecule has 2 aromatic carbocycles. The zero-order chi connectivity index (χ0) is 23.8. The van der Waals surface area contributed by atoms with Crippen molar-refractivity contribution in [3.63, 3.8) is 0 Å². The van der Waals surface area contributed by atoms with Crippen LogP contribution in [0.2, 0.25) is 0 Å². The van der Waals surface area contributed by atoms with Gasteiger partial charge in [0.1, 0.15) is 11.5 Å². The smallest absolute Gasteiger partial charge is 0.254 e. The highest BCUT2D eigenvalue weighted by Crippen LogP contribution is 2.29. The number of nitrogens with one attached hydrogen (secondary N) is 1. The highest BCUT2D eigenvalue weighted by atomic mass is 16.5. The van der Waals surface area contributed by atoms with Crippen molar-refractivity contribution in [1.82, 2.24) is 25.0 Å². The second kappa shape index (κ2) is 8.88. The average Bonchev–Trinajstić information content (AvgIpc) is 3.52. The normalized spacial score (nSPS) is 15.5. The number of aromatic hydroxyl groups is 1. The van der Waals surface area contributed by atoms with E-state index < -0.39 is 0 Å². The van der Waals surface area contributed by atoms with Gasteiger partial charge in [-0.25, -0.2) is 9.67 Å². The molecule has 0 bridgehead atoms. The van der Waals surface area contributed by atoms with E-state index in [4.69, 9.17) is 9.84 Å². The quantitative estimate of drug-likeness (QED) is 0.479. The highest BCUT2D eigenvalue weighted by molar-refractivity contribution is 6.08. The summed E-state index contributed by atoms with van der Waals surface area (Å²) in [6, 6.07) is 14.7. The molecule has 8 heteroatoms. The van der Waals surface area contributed by atoms with Gasteiger partial charge in [-0.3, -0.25) is 4.79 Å². The van der Waals surface area contributed by atoms with Crippen LogP contribution in [0.15, 0.2) is 54.7 Å². The van der Waals surface area contributed by atoms with E-state index in [0.29, 0.717) is 42.0 Å². The molecule has 4 heterocycles. The van der Waals surface area contributed by atoms with Gasteiger partial charge in [0, 0.05) is 38.8 Å². The Bertz CT molecular complexity index is 1440. The summed E-state index contributed by atoms with van der Waals surface area (Å²) in [5, 5.41) is 18.6. The van der Waals surface area contributed by atoms with E-state index in [2.05, 4.69) is 16.4 Å². The van der Waals surface area contributed by atoms with Crippen molar-refractivity contribution in [3.8, 4) is 17.2 Å². The summed E-state index contributed by atoms with van der Waals surface area (Å²) in [4.78, 5) is 20.0. The maximum Gasteiger partial charge on any atom is 0.254 e. The first-order chi connectivity index (χ1) is 17.2. The fourth-order valence-corrected chi connectivity index (χ4v) is 4.66. The molecule has 0 radical (unpaired) electrons. The molecule has 2 aliphatic rings. The van der Waals surface area contributed by atoms with Crippen LogP contribution < -0.4 is 10.1 Å². The first-order valence-electron chi connectivity index (χ1n) is 11.8. The molecule has 1 fully saturated rings. The number of hydrogen-bond acceptors (Lipinski definition) is 6. The maximum absolute atomic E-state index is 13.5. The second-order valence-electron chi connectivity index (χ2n) is 8.71. The predicted octanol–water partition coefficient (Wildman–Crippen LogP) is 3.28. The number of phenols is 1. The van der Waals surface area contributed by atoms with E-state index >= 15 is 0 Å². The number of hydrogen-bond donors (Lipinski definition) is 2. The number of piperazine rings is 1. The van der Waals surface area contributed by atoms with Gasteiger partial charge in [0.05, 0.1) is 28.9 Å². The van der Waals surface area contributed by atoms with Crippen molar-refractivity contribution in [2.75, 3.05) is 32.8 Å². The molecular formula is C27H25N5O3. The largest absolute Gasteiger partial charge is 0.508 e. The Morgan fingerprint density at radius 1 is 1.06 bits per heavy atom. The Hall–Kier alpha value is -4.17. The van der Waals surface area contributed by atoms with Gasteiger partial charge < -0.3 is 20.1 Å². The Morgan fingerprint density at radius 3 is 2.71 bits per heavy atom. The molecule has 0 aliphatic carbocycles. The zero-order valence-electron chi connectivity index (χ0n) is 19.1. The van der Waals surface area contributed by atoms with Gasteiger partial charge >= 0.3 is 0 Å². The Balaban J connectivity index is 1.47. The Morgan fingerprint density at radius 2 is 1.89 bits per heavy atom. The lowest BCUT2D eigenvalue weighted by atomic mass is 10.1.